The summed E-state index contributed by atoms with van der Waals surface area (Å²) < 4.78 is 48.5. The van der Waals surface area contributed by atoms with E-state index in [-0.39, 0.29) is 5.82 Å². The molecule has 90 valence electrons. The van der Waals surface area contributed by atoms with Crippen molar-refractivity contribution >= 4 is 0 Å². The normalized spacial score (nSPS) is 13.8. The highest BCUT2D eigenvalue weighted by atomic mass is 19.4. The monoisotopic (exact) mass is 235 g/mol. The fraction of sp³-hybridized carbons (Fsp3) is 0.455. The molecule has 0 amide bonds. The SMILES string of the molecule is CC(CC(F)(F)F)NCc1ccc(F)cc1. The quantitative estimate of drug-likeness (QED) is 0.790. The van der Waals surface area contributed by atoms with E-state index in [1.807, 2.05) is 0 Å². The van der Waals surface area contributed by atoms with Crippen LogP contribution in [0.1, 0.15) is 18.9 Å². The molecular formula is C11H13F4N. The summed E-state index contributed by atoms with van der Waals surface area (Å²) in [5, 5.41) is 2.73. The Morgan fingerprint density at radius 3 is 2.25 bits per heavy atom. The van der Waals surface area contributed by atoms with E-state index >= 15 is 0 Å². The van der Waals surface area contributed by atoms with Crippen molar-refractivity contribution in [2.24, 2.45) is 0 Å². The molecule has 5 heteroatoms. The van der Waals surface area contributed by atoms with Crippen molar-refractivity contribution in [3.05, 3.63) is 35.6 Å². The fourth-order valence-corrected chi connectivity index (χ4v) is 1.31. The van der Waals surface area contributed by atoms with Gasteiger partial charge < -0.3 is 5.32 Å². The van der Waals surface area contributed by atoms with Crippen LogP contribution in [0.25, 0.3) is 0 Å². The predicted octanol–water partition coefficient (Wildman–Crippen LogP) is 3.26. The molecule has 1 nitrogen and oxygen atoms in total. The highest BCUT2D eigenvalue weighted by Crippen LogP contribution is 2.21. The summed E-state index contributed by atoms with van der Waals surface area (Å²) in [6.45, 7) is 1.77. The molecule has 0 aliphatic rings. The molecule has 0 aliphatic carbocycles. The smallest absolute Gasteiger partial charge is 0.310 e. The molecule has 0 saturated heterocycles. The molecule has 0 spiro atoms. The van der Waals surface area contributed by atoms with E-state index in [4.69, 9.17) is 0 Å². The summed E-state index contributed by atoms with van der Waals surface area (Å²) >= 11 is 0. The minimum absolute atomic E-state index is 0.303. The third-order valence-corrected chi connectivity index (χ3v) is 2.11. The molecule has 0 bridgehead atoms. The van der Waals surface area contributed by atoms with Gasteiger partial charge in [0.15, 0.2) is 0 Å². The molecule has 0 aliphatic heterocycles. The van der Waals surface area contributed by atoms with Gasteiger partial charge in [-0.05, 0) is 24.6 Å². The second-order valence-electron chi connectivity index (χ2n) is 3.73. The van der Waals surface area contributed by atoms with Gasteiger partial charge in [-0.25, -0.2) is 4.39 Å². The van der Waals surface area contributed by atoms with Gasteiger partial charge in [0, 0.05) is 12.6 Å². The lowest BCUT2D eigenvalue weighted by molar-refractivity contribution is -0.139. The fourth-order valence-electron chi connectivity index (χ4n) is 1.31. The molecule has 0 aromatic heterocycles. The summed E-state index contributed by atoms with van der Waals surface area (Å²) in [5.41, 5.74) is 0.760. The number of benzene rings is 1. The minimum atomic E-state index is -4.16. The van der Waals surface area contributed by atoms with Crippen LogP contribution in [0.2, 0.25) is 0 Å². The summed E-state index contributed by atoms with van der Waals surface area (Å²) in [4.78, 5) is 0. The van der Waals surface area contributed by atoms with Crippen molar-refractivity contribution < 1.29 is 17.6 Å². The number of hydrogen-bond donors (Lipinski definition) is 1. The third-order valence-electron chi connectivity index (χ3n) is 2.11. The van der Waals surface area contributed by atoms with E-state index in [1.54, 1.807) is 12.1 Å². The van der Waals surface area contributed by atoms with E-state index in [0.717, 1.165) is 5.56 Å². The first-order chi connectivity index (χ1) is 7.37. The van der Waals surface area contributed by atoms with Gasteiger partial charge in [0.1, 0.15) is 5.82 Å². The number of halogens is 4. The van der Waals surface area contributed by atoms with Crippen molar-refractivity contribution in [3.8, 4) is 0 Å². The van der Waals surface area contributed by atoms with Gasteiger partial charge in [0.2, 0.25) is 0 Å². The van der Waals surface area contributed by atoms with Gasteiger partial charge in [0.25, 0.3) is 0 Å². The third kappa shape index (κ3) is 5.11. The summed E-state index contributed by atoms with van der Waals surface area (Å²) in [6, 6.07) is 5.01. The minimum Gasteiger partial charge on any atom is -0.310 e. The predicted molar refractivity (Wildman–Crippen MR) is 53.4 cm³/mol. The summed E-state index contributed by atoms with van der Waals surface area (Å²) in [7, 11) is 0. The summed E-state index contributed by atoms with van der Waals surface area (Å²) in [6.07, 6.45) is -5.02. The Balaban J connectivity index is 2.37. The zero-order valence-corrected chi connectivity index (χ0v) is 8.81. The molecule has 0 heterocycles. The maximum atomic E-state index is 12.5. The molecule has 16 heavy (non-hydrogen) atoms. The maximum absolute atomic E-state index is 12.5. The lowest BCUT2D eigenvalue weighted by Gasteiger charge is -2.15. The van der Waals surface area contributed by atoms with Crippen LogP contribution >= 0.6 is 0 Å². The first kappa shape index (κ1) is 13.0. The first-order valence-corrected chi connectivity index (χ1v) is 4.91. The number of rotatable bonds is 4. The highest BCUT2D eigenvalue weighted by molar-refractivity contribution is 5.15. The second-order valence-corrected chi connectivity index (χ2v) is 3.73. The standard InChI is InChI=1S/C11H13F4N/c1-8(6-11(13,14)15)16-7-9-2-4-10(12)5-3-9/h2-5,8,16H,6-7H2,1H3. The molecule has 0 saturated carbocycles. The molecule has 1 aromatic carbocycles. The number of hydrogen-bond acceptors (Lipinski definition) is 1. The molecule has 1 rings (SSSR count). The average Bonchev–Trinajstić information content (AvgIpc) is 2.14. The van der Waals surface area contributed by atoms with Crippen LogP contribution in [0.3, 0.4) is 0 Å². The van der Waals surface area contributed by atoms with E-state index in [2.05, 4.69) is 5.32 Å². The molecule has 1 unspecified atom stereocenters. The Morgan fingerprint density at radius 2 is 1.75 bits per heavy atom. The Hall–Kier alpha value is -1.10. The van der Waals surface area contributed by atoms with Crippen molar-refractivity contribution in [1.82, 2.24) is 5.32 Å². The van der Waals surface area contributed by atoms with Gasteiger partial charge in [0.05, 0.1) is 6.42 Å². The van der Waals surface area contributed by atoms with Crippen molar-refractivity contribution in [1.29, 1.82) is 0 Å². The molecular weight excluding hydrogens is 222 g/mol. The Morgan fingerprint density at radius 1 is 1.19 bits per heavy atom. The van der Waals surface area contributed by atoms with Crippen LogP contribution in [0.5, 0.6) is 0 Å². The lowest BCUT2D eigenvalue weighted by atomic mass is 10.2. The highest BCUT2D eigenvalue weighted by Gasteiger charge is 2.29. The van der Waals surface area contributed by atoms with E-state index in [0.29, 0.717) is 6.54 Å². The van der Waals surface area contributed by atoms with E-state index in [1.165, 1.54) is 19.1 Å². The summed E-state index contributed by atoms with van der Waals surface area (Å²) in [5.74, 6) is -0.355. The van der Waals surface area contributed by atoms with Crippen LogP contribution in [-0.4, -0.2) is 12.2 Å². The Kier molecular flexibility index (Phi) is 4.29. The van der Waals surface area contributed by atoms with Crippen molar-refractivity contribution in [2.75, 3.05) is 0 Å². The van der Waals surface area contributed by atoms with Gasteiger partial charge in [-0.15, -0.1) is 0 Å². The molecule has 1 atom stereocenters. The van der Waals surface area contributed by atoms with Crippen molar-refractivity contribution in [3.63, 3.8) is 0 Å². The Labute approximate surface area is 91.5 Å². The van der Waals surface area contributed by atoms with Gasteiger partial charge in [-0.3, -0.25) is 0 Å². The molecule has 0 radical (unpaired) electrons. The second kappa shape index (κ2) is 5.30. The van der Waals surface area contributed by atoms with Crippen LogP contribution in [0, 0.1) is 5.82 Å². The van der Waals surface area contributed by atoms with Crippen LogP contribution in [-0.2, 0) is 6.54 Å². The van der Waals surface area contributed by atoms with Crippen LogP contribution in [0.15, 0.2) is 24.3 Å². The molecule has 1 aromatic rings. The van der Waals surface area contributed by atoms with Gasteiger partial charge in [-0.2, -0.15) is 13.2 Å². The molecule has 0 fully saturated rings. The van der Waals surface area contributed by atoms with Gasteiger partial charge in [-0.1, -0.05) is 12.1 Å². The first-order valence-electron chi connectivity index (χ1n) is 4.91. The zero-order chi connectivity index (χ0) is 12.2. The van der Waals surface area contributed by atoms with E-state index < -0.39 is 18.6 Å². The van der Waals surface area contributed by atoms with Crippen molar-refractivity contribution in [2.45, 2.75) is 32.1 Å². The molecule has 1 N–H and O–H groups in total. The topological polar surface area (TPSA) is 12.0 Å². The lowest BCUT2D eigenvalue weighted by Crippen LogP contribution is -2.30. The Bertz CT molecular complexity index is 318. The largest absolute Gasteiger partial charge is 0.390 e. The van der Waals surface area contributed by atoms with Crippen LogP contribution < -0.4 is 5.32 Å². The average molecular weight is 235 g/mol. The number of alkyl halides is 3. The van der Waals surface area contributed by atoms with E-state index in [9.17, 15) is 17.6 Å². The zero-order valence-electron chi connectivity index (χ0n) is 8.81. The number of nitrogens with one attached hydrogen (secondary N) is 1. The maximum Gasteiger partial charge on any atom is 0.390 e. The van der Waals surface area contributed by atoms with Crippen LogP contribution in [0.4, 0.5) is 17.6 Å². The van der Waals surface area contributed by atoms with Gasteiger partial charge >= 0.3 is 6.18 Å².